The molecule has 1 aromatic carbocycles. The lowest BCUT2D eigenvalue weighted by atomic mass is 9.91. The number of rotatable bonds is 1. The Hall–Kier alpha value is -2.40. The van der Waals surface area contributed by atoms with Crippen LogP contribution in [-0.4, -0.2) is 29.1 Å². The maximum absolute atomic E-state index is 12.6. The van der Waals surface area contributed by atoms with Crippen LogP contribution in [0.4, 0.5) is 10.5 Å². The molecule has 2 aliphatic heterocycles. The van der Waals surface area contributed by atoms with E-state index in [2.05, 4.69) is 10.3 Å². The van der Waals surface area contributed by atoms with Gasteiger partial charge in [0.2, 0.25) is 5.72 Å². The lowest BCUT2D eigenvalue weighted by Crippen LogP contribution is -2.60. The highest BCUT2D eigenvalue weighted by Gasteiger charge is 2.51. The van der Waals surface area contributed by atoms with Crippen molar-refractivity contribution in [3.63, 3.8) is 0 Å². The third kappa shape index (κ3) is 1.75. The zero-order valence-corrected chi connectivity index (χ0v) is 12.4. The molecule has 1 unspecified atom stereocenters. The van der Waals surface area contributed by atoms with Crippen LogP contribution in [0.5, 0.6) is 0 Å². The summed E-state index contributed by atoms with van der Waals surface area (Å²) in [5, 5.41) is 2.95. The molecule has 4 rings (SSSR count). The van der Waals surface area contributed by atoms with Crippen molar-refractivity contribution in [3.05, 3.63) is 59.4 Å². The lowest BCUT2D eigenvalue weighted by molar-refractivity contribution is -0.144. The van der Waals surface area contributed by atoms with Crippen LogP contribution in [0.2, 0.25) is 0 Å². The smallest absolute Gasteiger partial charge is 0.324 e. The fraction of sp³-hybridized carbons (Fsp3) is 0.294. The van der Waals surface area contributed by atoms with Gasteiger partial charge in [0.25, 0.3) is 0 Å². The van der Waals surface area contributed by atoms with Crippen molar-refractivity contribution in [3.8, 4) is 0 Å². The molecule has 0 bridgehead atoms. The molecule has 3 heterocycles. The van der Waals surface area contributed by atoms with Gasteiger partial charge in [-0.25, -0.2) is 4.79 Å². The third-order valence-electron chi connectivity index (χ3n) is 4.26. The van der Waals surface area contributed by atoms with Gasteiger partial charge >= 0.3 is 6.03 Å². The average molecular weight is 295 g/mol. The van der Waals surface area contributed by atoms with Crippen LogP contribution in [0.3, 0.4) is 0 Å². The number of amides is 2. The molecular weight excluding hydrogens is 278 g/mol. The first-order chi connectivity index (χ1) is 10.7. The van der Waals surface area contributed by atoms with E-state index in [0.29, 0.717) is 13.2 Å². The van der Waals surface area contributed by atoms with E-state index in [1.54, 1.807) is 11.1 Å². The monoisotopic (exact) mass is 295 g/mol. The lowest BCUT2D eigenvalue weighted by Gasteiger charge is -2.49. The molecule has 1 aromatic heterocycles. The molecule has 0 spiro atoms. The molecule has 22 heavy (non-hydrogen) atoms. The minimum absolute atomic E-state index is 0.137. The minimum atomic E-state index is -0.927. The second-order valence-electron chi connectivity index (χ2n) is 5.69. The fourth-order valence-electron chi connectivity index (χ4n) is 3.29. The first kappa shape index (κ1) is 13.3. The number of hydrogen-bond acceptors (Lipinski definition) is 3. The molecule has 2 aromatic rings. The number of pyridine rings is 1. The SMILES string of the molecule is Cc1ccnc(C23OCCCN2C(=O)Nc2ccccc23)c1. The van der Waals surface area contributed by atoms with Crippen LogP contribution in [0, 0.1) is 6.92 Å². The summed E-state index contributed by atoms with van der Waals surface area (Å²) in [6.45, 7) is 3.27. The predicted molar refractivity (Wildman–Crippen MR) is 82.5 cm³/mol. The van der Waals surface area contributed by atoms with E-state index < -0.39 is 5.72 Å². The molecule has 0 radical (unpaired) electrons. The van der Waals surface area contributed by atoms with Crippen molar-refractivity contribution < 1.29 is 9.53 Å². The molecule has 0 aliphatic carbocycles. The fourth-order valence-corrected chi connectivity index (χ4v) is 3.29. The number of anilines is 1. The van der Waals surface area contributed by atoms with Crippen LogP contribution < -0.4 is 5.32 Å². The van der Waals surface area contributed by atoms with Gasteiger partial charge in [0, 0.05) is 18.3 Å². The van der Waals surface area contributed by atoms with Crippen LogP contribution in [0.1, 0.15) is 23.2 Å². The van der Waals surface area contributed by atoms with Crippen LogP contribution >= 0.6 is 0 Å². The normalized spacial score (nSPS) is 23.5. The van der Waals surface area contributed by atoms with E-state index in [1.807, 2.05) is 43.3 Å². The van der Waals surface area contributed by atoms with Gasteiger partial charge < -0.3 is 10.1 Å². The van der Waals surface area contributed by atoms with Crippen molar-refractivity contribution in [2.75, 3.05) is 18.5 Å². The molecule has 1 saturated heterocycles. The van der Waals surface area contributed by atoms with Crippen molar-refractivity contribution >= 4 is 11.7 Å². The van der Waals surface area contributed by atoms with E-state index in [4.69, 9.17) is 4.74 Å². The molecule has 0 saturated carbocycles. The first-order valence-corrected chi connectivity index (χ1v) is 7.47. The van der Waals surface area contributed by atoms with Crippen molar-refractivity contribution in [1.29, 1.82) is 0 Å². The predicted octanol–water partition coefficient (Wildman–Crippen LogP) is 2.86. The van der Waals surface area contributed by atoms with Gasteiger partial charge in [-0.15, -0.1) is 0 Å². The minimum Gasteiger partial charge on any atom is -0.346 e. The molecule has 2 amide bonds. The van der Waals surface area contributed by atoms with Gasteiger partial charge in [-0.3, -0.25) is 9.88 Å². The Morgan fingerprint density at radius 2 is 2.18 bits per heavy atom. The summed E-state index contributed by atoms with van der Waals surface area (Å²) in [7, 11) is 0. The summed E-state index contributed by atoms with van der Waals surface area (Å²) in [6.07, 6.45) is 2.59. The Morgan fingerprint density at radius 3 is 3.05 bits per heavy atom. The maximum atomic E-state index is 12.6. The number of fused-ring (bicyclic) bond motifs is 3. The van der Waals surface area contributed by atoms with Crippen molar-refractivity contribution in [1.82, 2.24) is 9.88 Å². The van der Waals surface area contributed by atoms with Gasteiger partial charge in [-0.2, -0.15) is 0 Å². The Balaban J connectivity index is 2.01. The van der Waals surface area contributed by atoms with Gasteiger partial charge in [0.1, 0.15) is 0 Å². The van der Waals surface area contributed by atoms with Crippen LogP contribution in [0.25, 0.3) is 0 Å². The van der Waals surface area contributed by atoms with Gasteiger partial charge in [0.05, 0.1) is 18.0 Å². The topological polar surface area (TPSA) is 54.5 Å². The standard InChI is InChI=1S/C17H17N3O2/c1-12-7-8-18-15(11-12)17-13-5-2-3-6-14(13)19-16(21)20(17)9-4-10-22-17/h2-3,5-8,11H,4,9-10H2,1H3,(H,19,21). The second kappa shape index (κ2) is 4.81. The molecule has 5 heteroatoms. The number of aromatic nitrogens is 1. The highest BCUT2D eigenvalue weighted by molar-refractivity contribution is 5.94. The van der Waals surface area contributed by atoms with Gasteiger partial charge in [-0.05, 0) is 37.1 Å². The Kier molecular flexibility index (Phi) is 2.90. The highest BCUT2D eigenvalue weighted by atomic mass is 16.5. The molecule has 1 N–H and O–H groups in total. The van der Waals surface area contributed by atoms with E-state index in [9.17, 15) is 4.79 Å². The van der Waals surface area contributed by atoms with Crippen LogP contribution in [-0.2, 0) is 10.5 Å². The molecule has 112 valence electrons. The zero-order valence-electron chi connectivity index (χ0n) is 12.4. The molecule has 2 aliphatic rings. The number of ether oxygens (including phenoxy) is 1. The number of para-hydroxylation sites is 1. The maximum Gasteiger partial charge on any atom is 0.324 e. The van der Waals surface area contributed by atoms with Gasteiger partial charge in [0.15, 0.2) is 0 Å². The number of nitrogens with one attached hydrogen (secondary N) is 1. The van der Waals surface area contributed by atoms with Crippen LogP contribution in [0.15, 0.2) is 42.6 Å². The molecule has 5 nitrogen and oxygen atoms in total. The Labute approximate surface area is 128 Å². The summed E-state index contributed by atoms with van der Waals surface area (Å²) in [4.78, 5) is 18.8. The summed E-state index contributed by atoms with van der Waals surface area (Å²) >= 11 is 0. The number of nitrogens with zero attached hydrogens (tertiary/aromatic N) is 2. The number of carbonyl (C=O) groups excluding carboxylic acids is 1. The summed E-state index contributed by atoms with van der Waals surface area (Å²) < 4.78 is 6.21. The van der Waals surface area contributed by atoms with E-state index in [1.165, 1.54) is 0 Å². The van der Waals surface area contributed by atoms with Crippen molar-refractivity contribution in [2.45, 2.75) is 19.1 Å². The molecule has 1 atom stereocenters. The van der Waals surface area contributed by atoms with Crippen molar-refractivity contribution in [2.24, 2.45) is 0 Å². The van der Waals surface area contributed by atoms with E-state index in [-0.39, 0.29) is 6.03 Å². The largest absolute Gasteiger partial charge is 0.346 e. The average Bonchev–Trinajstić information content (AvgIpc) is 2.55. The zero-order chi connectivity index (χ0) is 15.2. The third-order valence-corrected chi connectivity index (χ3v) is 4.26. The number of benzene rings is 1. The number of aryl methyl sites for hydroxylation is 1. The van der Waals surface area contributed by atoms with E-state index in [0.717, 1.165) is 28.9 Å². The highest BCUT2D eigenvalue weighted by Crippen LogP contribution is 2.45. The summed E-state index contributed by atoms with van der Waals surface area (Å²) in [6, 6.07) is 11.6. The number of hydrogen-bond donors (Lipinski definition) is 1. The Bertz CT molecular complexity index is 746. The molecular formula is C17H17N3O2. The molecule has 1 fully saturated rings. The number of urea groups is 1. The second-order valence-corrected chi connectivity index (χ2v) is 5.69. The Morgan fingerprint density at radius 1 is 1.32 bits per heavy atom. The summed E-state index contributed by atoms with van der Waals surface area (Å²) in [5.74, 6) is 0. The van der Waals surface area contributed by atoms with E-state index >= 15 is 0 Å². The summed E-state index contributed by atoms with van der Waals surface area (Å²) in [5.41, 5.74) is 2.65. The number of carbonyl (C=O) groups is 1. The quantitative estimate of drug-likeness (QED) is 0.880. The van der Waals surface area contributed by atoms with Gasteiger partial charge in [-0.1, -0.05) is 18.2 Å². The first-order valence-electron chi connectivity index (χ1n) is 7.47.